The predicted octanol–water partition coefficient (Wildman–Crippen LogP) is 1.02. The van der Waals surface area contributed by atoms with Gasteiger partial charge in [-0.1, -0.05) is 11.6 Å². The highest BCUT2D eigenvalue weighted by atomic mass is 35.5. The van der Waals surface area contributed by atoms with E-state index in [0.29, 0.717) is 17.3 Å². The topological polar surface area (TPSA) is 90.6 Å². The zero-order valence-corrected chi connectivity index (χ0v) is 11.6. The summed E-state index contributed by atoms with van der Waals surface area (Å²) in [6, 6.07) is 4.16. The molecule has 18 heavy (non-hydrogen) atoms. The number of anilines is 1. The minimum Gasteiger partial charge on any atom is -0.379 e. The Labute approximate surface area is 111 Å². The molecular formula is C10H15ClN2O4S. The number of primary sulfonamides is 1. The van der Waals surface area contributed by atoms with Crippen molar-refractivity contribution >= 4 is 27.3 Å². The Bertz CT molecular complexity index is 503. The summed E-state index contributed by atoms with van der Waals surface area (Å²) >= 11 is 5.94. The van der Waals surface area contributed by atoms with Crippen LogP contribution < -0.4 is 10.5 Å². The van der Waals surface area contributed by atoms with Crippen LogP contribution in [0.4, 0.5) is 5.69 Å². The Morgan fingerprint density at radius 2 is 2.00 bits per heavy atom. The molecule has 0 aliphatic carbocycles. The number of hydrogen-bond acceptors (Lipinski definition) is 5. The summed E-state index contributed by atoms with van der Waals surface area (Å²) in [6.45, 7) is 0.320. The number of hydrogen-bond donors (Lipinski definition) is 2. The molecule has 0 unspecified atom stereocenters. The van der Waals surface area contributed by atoms with Gasteiger partial charge in [0.2, 0.25) is 10.0 Å². The Morgan fingerprint density at radius 1 is 1.39 bits per heavy atom. The second-order valence-corrected chi connectivity index (χ2v) is 5.44. The highest BCUT2D eigenvalue weighted by Crippen LogP contribution is 2.24. The van der Waals surface area contributed by atoms with Gasteiger partial charge < -0.3 is 14.8 Å². The van der Waals surface area contributed by atoms with E-state index in [4.69, 9.17) is 26.2 Å². The molecule has 6 nitrogen and oxygen atoms in total. The quantitative estimate of drug-likeness (QED) is 0.764. The van der Waals surface area contributed by atoms with Crippen molar-refractivity contribution in [1.82, 2.24) is 0 Å². The lowest BCUT2D eigenvalue weighted by Gasteiger charge is -2.16. The largest absolute Gasteiger partial charge is 0.379 e. The highest BCUT2D eigenvalue weighted by molar-refractivity contribution is 7.89. The summed E-state index contributed by atoms with van der Waals surface area (Å²) in [5.41, 5.74) is 0.447. The fraction of sp³-hybridized carbons (Fsp3) is 0.400. The van der Waals surface area contributed by atoms with Crippen molar-refractivity contribution in [2.24, 2.45) is 5.14 Å². The lowest BCUT2D eigenvalue weighted by atomic mass is 10.3. The van der Waals surface area contributed by atoms with Gasteiger partial charge in [-0.3, -0.25) is 0 Å². The summed E-state index contributed by atoms with van der Waals surface area (Å²) in [4.78, 5) is -0.0132. The molecule has 1 aromatic rings. The van der Waals surface area contributed by atoms with Gasteiger partial charge in [-0.15, -0.1) is 0 Å². The number of benzene rings is 1. The van der Waals surface area contributed by atoms with Gasteiger partial charge in [-0.2, -0.15) is 0 Å². The molecular weight excluding hydrogens is 280 g/mol. The zero-order chi connectivity index (χ0) is 13.8. The van der Waals surface area contributed by atoms with Crippen molar-refractivity contribution in [1.29, 1.82) is 0 Å². The molecule has 0 heterocycles. The number of halogens is 1. The van der Waals surface area contributed by atoms with E-state index in [0.717, 1.165) is 0 Å². The molecule has 0 aromatic heterocycles. The molecule has 3 N–H and O–H groups in total. The van der Waals surface area contributed by atoms with Crippen LogP contribution >= 0.6 is 11.6 Å². The molecule has 1 rings (SSSR count). The first-order valence-corrected chi connectivity index (χ1v) is 6.92. The SMILES string of the molecule is COC(CNc1cc(S(N)(=O)=O)ccc1Cl)OC. The van der Waals surface area contributed by atoms with E-state index < -0.39 is 16.3 Å². The van der Waals surface area contributed by atoms with Crippen molar-refractivity contribution < 1.29 is 17.9 Å². The van der Waals surface area contributed by atoms with Crippen LogP contribution in [0.5, 0.6) is 0 Å². The highest BCUT2D eigenvalue weighted by Gasteiger charge is 2.12. The van der Waals surface area contributed by atoms with Gasteiger partial charge in [0.05, 0.1) is 22.2 Å². The first-order chi connectivity index (χ1) is 8.38. The normalized spacial score (nSPS) is 11.8. The molecule has 0 aliphatic heterocycles. The zero-order valence-electron chi connectivity index (χ0n) is 10.0. The molecule has 0 saturated heterocycles. The van der Waals surface area contributed by atoms with E-state index in [9.17, 15) is 8.42 Å². The van der Waals surface area contributed by atoms with E-state index >= 15 is 0 Å². The van der Waals surface area contributed by atoms with Crippen molar-refractivity contribution in [3.63, 3.8) is 0 Å². The maximum atomic E-state index is 11.2. The van der Waals surface area contributed by atoms with Crippen molar-refractivity contribution in [3.05, 3.63) is 23.2 Å². The van der Waals surface area contributed by atoms with E-state index in [2.05, 4.69) is 5.32 Å². The van der Waals surface area contributed by atoms with Gasteiger partial charge in [0.25, 0.3) is 0 Å². The lowest BCUT2D eigenvalue weighted by molar-refractivity contribution is -0.0914. The Kier molecular flexibility index (Phi) is 5.36. The van der Waals surface area contributed by atoms with Crippen LogP contribution in [0.3, 0.4) is 0 Å². The number of nitrogens with two attached hydrogens (primary N) is 1. The summed E-state index contributed by atoms with van der Waals surface area (Å²) in [5, 5.41) is 8.34. The molecule has 0 bridgehead atoms. The fourth-order valence-corrected chi connectivity index (χ4v) is 2.00. The molecule has 0 radical (unpaired) electrons. The molecule has 0 fully saturated rings. The minimum atomic E-state index is -3.75. The van der Waals surface area contributed by atoms with Crippen LogP contribution in [0.2, 0.25) is 5.02 Å². The third-order valence-corrected chi connectivity index (χ3v) is 3.49. The van der Waals surface area contributed by atoms with Gasteiger partial charge in [-0.25, -0.2) is 13.6 Å². The number of ether oxygens (including phenoxy) is 2. The first-order valence-electron chi connectivity index (χ1n) is 5.00. The van der Waals surface area contributed by atoms with Crippen LogP contribution in [0, 0.1) is 0 Å². The van der Waals surface area contributed by atoms with Crippen molar-refractivity contribution in [2.75, 3.05) is 26.1 Å². The average molecular weight is 295 g/mol. The maximum Gasteiger partial charge on any atom is 0.238 e. The standard InChI is InChI=1S/C10H15ClN2O4S/c1-16-10(17-2)6-13-9-5-7(18(12,14)15)3-4-8(9)11/h3-5,10,13H,6H2,1-2H3,(H2,12,14,15). The van der Waals surface area contributed by atoms with Crippen molar-refractivity contribution in [2.45, 2.75) is 11.2 Å². The third kappa shape index (κ3) is 4.11. The summed E-state index contributed by atoms with van der Waals surface area (Å²) < 4.78 is 32.4. The fourth-order valence-electron chi connectivity index (χ4n) is 1.27. The van der Waals surface area contributed by atoms with Crippen LogP contribution in [0.25, 0.3) is 0 Å². The van der Waals surface area contributed by atoms with Crippen LogP contribution in [-0.4, -0.2) is 35.5 Å². The average Bonchev–Trinajstić information content (AvgIpc) is 2.31. The summed E-state index contributed by atoms with van der Waals surface area (Å²) in [7, 11) is -0.756. The van der Waals surface area contributed by atoms with Crippen LogP contribution in [-0.2, 0) is 19.5 Å². The second-order valence-electron chi connectivity index (χ2n) is 3.47. The van der Waals surface area contributed by atoms with E-state index in [1.165, 1.54) is 32.4 Å². The van der Waals surface area contributed by atoms with Gasteiger partial charge in [0.15, 0.2) is 6.29 Å². The van der Waals surface area contributed by atoms with Crippen molar-refractivity contribution in [3.8, 4) is 0 Å². The Balaban J connectivity index is 2.88. The van der Waals surface area contributed by atoms with Gasteiger partial charge >= 0.3 is 0 Å². The molecule has 0 spiro atoms. The predicted molar refractivity (Wildman–Crippen MR) is 69.1 cm³/mol. The third-order valence-electron chi connectivity index (χ3n) is 2.25. The summed E-state index contributed by atoms with van der Waals surface area (Å²) in [6.07, 6.45) is -0.459. The maximum absolute atomic E-state index is 11.2. The Morgan fingerprint density at radius 3 is 2.50 bits per heavy atom. The first kappa shape index (κ1) is 15.2. The van der Waals surface area contributed by atoms with E-state index in [1.54, 1.807) is 0 Å². The second kappa shape index (κ2) is 6.35. The molecule has 0 saturated carbocycles. The molecule has 0 atom stereocenters. The van der Waals surface area contributed by atoms with Crippen LogP contribution in [0.1, 0.15) is 0 Å². The minimum absolute atomic E-state index is 0.0132. The lowest BCUT2D eigenvalue weighted by Crippen LogP contribution is -2.24. The smallest absolute Gasteiger partial charge is 0.238 e. The van der Waals surface area contributed by atoms with E-state index in [-0.39, 0.29) is 4.90 Å². The molecule has 0 aliphatic rings. The van der Waals surface area contributed by atoms with Gasteiger partial charge in [0.1, 0.15) is 0 Å². The Hall–Kier alpha value is -0.860. The number of sulfonamides is 1. The monoisotopic (exact) mass is 294 g/mol. The number of rotatable bonds is 6. The molecule has 0 amide bonds. The van der Waals surface area contributed by atoms with Gasteiger partial charge in [0, 0.05) is 14.2 Å². The van der Waals surface area contributed by atoms with Crippen LogP contribution in [0.15, 0.2) is 23.1 Å². The molecule has 8 heteroatoms. The van der Waals surface area contributed by atoms with E-state index in [1.807, 2.05) is 0 Å². The number of methoxy groups -OCH3 is 2. The molecule has 1 aromatic carbocycles. The number of nitrogens with one attached hydrogen (secondary N) is 1. The molecule has 102 valence electrons. The van der Waals surface area contributed by atoms with Gasteiger partial charge in [-0.05, 0) is 18.2 Å². The summed E-state index contributed by atoms with van der Waals surface area (Å²) in [5.74, 6) is 0.